The van der Waals surface area contributed by atoms with Gasteiger partial charge in [0.1, 0.15) is 5.01 Å². The third kappa shape index (κ3) is 4.28. The van der Waals surface area contributed by atoms with Crippen LogP contribution in [0.15, 0.2) is 26.4 Å². The molecule has 0 saturated carbocycles. The van der Waals surface area contributed by atoms with Crippen LogP contribution in [0.3, 0.4) is 0 Å². The average molecular weight is 443 g/mol. The molecule has 3 heterocycles. The molecule has 0 saturated heterocycles. The van der Waals surface area contributed by atoms with Crippen molar-refractivity contribution < 1.29 is 9.21 Å². The summed E-state index contributed by atoms with van der Waals surface area (Å²) in [6.07, 6.45) is 0. The number of nitrogens with zero attached hydrogens (tertiary/aromatic N) is 5. The number of aromatic nitrogens is 5. The summed E-state index contributed by atoms with van der Waals surface area (Å²) in [5.74, 6) is 1.28. The number of carbonyl (C=O) groups excluding carboxylic acids is 1. The third-order valence-electron chi connectivity index (χ3n) is 3.08. The number of amides is 1. The fraction of sp³-hybridized carbons (Fsp3) is 0.357. The second-order valence-corrected chi connectivity index (χ2v) is 8.24. The minimum absolute atomic E-state index is 0.116. The Kier molecular flexibility index (Phi) is 5.54. The molecule has 0 unspecified atom stereocenters. The Morgan fingerprint density at radius 3 is 2.76 bits per heavy atom. The molecule has 3 aromatic heterocycles. The van der Waals surface area contributed by atoms with Gasteiger partial charge in [-0.15, -0.1) is 20.4 Å². The van der Waals surface area contributed by atoms with Crippen molar-refractivity contribution in [3.05, 3.63) is 21.8 Å². The number of hydrogen-bond donors (Lipinski definition) is 1. The molecule has 0 spiro atoms. The molecule has 8 nitrogen and oxygen atoms in total. The van der Waals surface area contributed by atoms with Gasteiger partial charge in [0, 0.05) is 6.04 Å². The first kappa shape index (κ1) is 18.1. The van der Waals surface area contributed by atoms with Crippen molar-refractivity contribution >= 4 is 50.1 Å². The van der Waals surface area contributed by atoms with Crippen molar-refractivity contribution in [2.24, 2.45) is 0 Å². The highest BCUT2D eigenvalue weighted by Crippen LogP contribution is 2.30. The van der Waals surface area contributed by atoms with Crippen molar-refractivity contribution in [1.82, 2.24) is 25.0 Å². The Balaban J connectivity index is 1.72. The van der Waals surface area contributed by atoms with Gasteiger partial charge in [-0.2, -0.15) is 0 Å². The van der Waals surface area contributed by atoms with E-state index < -0.39 is 0 Å². The minimum Gasteiger partial charge on any atom is -0.446 e. The lowest BCUT2D eigenvalue weighted by Gasteiger charge is -2.12. The van der Waals surface area contributed by atoms with Crippen molar-refractivity contribution in [3.8, 4) is 11.6 Å². The van der Waals surface area contributed by atoms with Crippen molar-refractivity contribution in [3.63, 3.8) is 0 Å². The summed E-state index contributed by atoms with van der Waals surface area (Å²) < 4.78 is 8.14. The van der Waals surface area contributed by atoms with Gasteiger partial charge in [-0.25, -0.2) is 0 Å². The van der Waals surface area contributed by atoms with Crippen LogP contribution in [-0.4, -0.2) is 36.6 Å². The number of carbonyl (C=O) groups is 1. The molecule has 11 heteroatoms. The zero-order chi connectivity index (χ0) is 18.0. The highest BCUT2D eigenvalue weighted by molar-refractivity contribution is 9.10. The topological polar surface area (TPSA) is 98.7 Å². The van der Waals surface area contributed by atoms with Crippen molar-refractivity contribution in [2.75, 3.05) is 11.1 Å². The maximum Gasteiger partial charge on any atom is 0.236 e. The highest BCUT2D eigenvalue weighted by atomic mass is 79.9. The summed E-state index contributed by atoms with van der Waals surface area (Å²) in [4.78, 5) is 12.1. The molecule has 0 aliphatic heterocycles. The molecule has 0 aromatic carbocycles. The summed E-state index contributed by atoms with van der Waals surface area (Å²) in [7, 11) is 0. The van der Waals surface area contributed by atoms with E-state index in [1.54, 1.807) is 6.07 Å². The van der Waals surface area contributed by atoms with Crippen LogP contribution in [0.25, 0.3) is 11.6 Å². The Labute approximate surface area is 160 Å². The van der Waals surface area contributed by atoms with Crippen LogP contribution in [0, 0.1) is 6.92 Å². The van der Waals surface area contributed by atoms with Gasteiger partial charge < -0.3 is 4.42 Å². The molecule has 0 fully saturated rings. The molecule has 1 amide bonds. The summed E-state index contributed by atoms with van der Waals surface area (Å²) in [5, 5.41) is 20.8. The SMILES string of the molecule is Cc1nnc(NC(=O)CSc2nnc(-c3ccc(Br)o3)n2C(C)C)s1. The molecule has 0 bridgehead atoms. The fourth-order valence-electron chi connectivity index (χ4n) is 2.08. The number of furan rings is 1. The fourth-order valence-corrected chi connectivity index (χ4v) is 3.86. The molecule has 1 N–H and O–H groups in total. The van der Waals surface area contributed by atoms with Gasteiger partial charge >= 0.3 is 0 Å². The quantitative estimate of drug-likeness (QED) is 0.579. The number of halogens is 1. The number of anilines is 1. The van der Waals surface area contributed by atoms with E-state index in [1.807, 2.05) is 31.4 Å². The van der Waals surface area contributed by atoms with E-state index in [9.17, 15) is 4.79 Å². The predicted molar refractivity (Wildman–Crippen MR) is 99.8 cm³/mol. The normalized spacial score (nSPS) is 11.2. The lowest BCUT2D eigenvalue weighted by atomic mass is 10.3. The first-order chi connectivity index (χ1) is 11.9. The lowest BCUT2D eigenvalue weighted by Crippen LogP contribution is -2.15. The van der Waals surface area contributed by atoms with Crippen LogP contribution >= 0.6 is 39.0 Å². The summed E-state index contributed by atoms with van der Waals surface area (Å²) in [6, 6.07) is 3.75. The van der Waals surface area contributed by atoms with Crippen LogP contribution in [0.1, 0.15) is 24.9 Å². The van der Waals surface area contributed by atoms with Crippen LogP contribution in [0.5, 0.6) is 0 Å². The molecule has 0 aliphatic carbocycles. The Morgan fingerprint density at radius 1 is 1.36 bits per heavy atom. The minimum atomic E-state index is -0.165. The van der Waals surface area contributed by atoms with Gasteiger partial charge in [-0.1, -0.05) is 23.1 Å². The Hall–Kier alpha value is -1.72. The molecular formula is C14H15BrN6O2S2. The largest absolute Gasteiger partial charge is 0.446 e. The predicted octanol–water partition coefficient (Wildman–Crippen LogP) is 3.77. The number of hydrogen-bond acceptors (Lipinski definition) is 8. The zero-order valence-corrected chi connectivity index (χ0v) is 16.9. The standard InChI is InChI=1S/C14H15BrN6O2S2/c1-7(2)21-12(9-4-5-10(15)23-9)18-20-14(21)24-6-11(22)16-13-19-17-8(3)25-13/h4-5,7H,6H2,1-3H3,(H,16,19,22). The van der Waals surface area contributed by atoms with E-state index in [2.05, 4.69) is 41.6 Å². The molecule has 25 heavy (non-hydrogen) atoms. The average Bonchev–Trinajstić information content (AvgIpc) is 3.25. The summed E-state index contributed by atoms with van der Waals surface area (Å²) in [6.45, 7) is 5.89. The van der Waals surface area contributed by atoms with Crippen molar-refractivity contribution in [1.29, 1.82) is 0 Å². The van der Waals surface area contributed by atoms with Crippen LogP contribution < -0.4 is 5.32 Å². The summed E-state index contributed by atoms with van der Waals surface area (Å²) >= 11 is 5.94. The molecular weight excluding hydrogens is 428 g/mol. The second kappa shape index (κ2) is 7.67. The Bertz CT molecular complexity index is 888. The van der Waals surface area contributed by atoms with Crippen LogP contribution in [-0.2, 0) is 4.79 Å². The Morgan fingerprint density at radius 2 is 2.16 bits per heavy atom. The molecule has 3 aromatic rings. The molecule has 0 atom stereocenters. The number of nitrogens with one attached hydrogen (secondary N) is 1. The van der Waals surface area contributed by atoms with Crippen LogP contribution in [0.2, 0.25) is 0 Å². The van der Waals surface area contributed by atoms with Gasteiger partial charge in [0.15, 0.2) is 15.6 Å². The van der Waals surface area contributed by atoms with E-state index >= 15 is 0 Å². The van der Waals surface area contributed by atoms with E-state index in [0.29, 0.717) is 26.5 Å². The highest BCUT2D eigenvalue weighted by Gasteiger charge is 2.20. The van der Waals surface area contributed by atoms with Gasteiger partial charge in [0.25, 0.3) is 0 Å². The maximum atomic E-state index is 12.1. The van der Waals surface area contributed by atoms with Crippen molar-refractivity contribution in [2.45, 2.75) is 32.0 Å². The number of aryl methyl sites for hydroxylation is 1. The molecule has 0 aliphatic rings. The second-order valence-electron chi connectivity index (χ2n) is 5.34. The third-order valence-corrected chi connectivity index (χ3v) is 5.20. The smallest absolute Gasteiger partial charge is 0.236 e. The number of thioether (sulfide) groups is 1. The van der Waals surface area contributed by atoms with Gasteiger partial charge in [-0.05, 0) is 48.8 Å². The van der Waals surface area contributed by atoms with E-state index in [1.165, 1.54) is 23.1 Å². The van der Waals surface area contributed by atoms with E-state index in [0.717, 1.165) is 5.01 Å². The van der Waals surface area contributed by atoms with Gasteiger partial charge in [-0.3, -0.25) is 14.7 Å². The van der Waals surface area contributed by atoms with E-state index in [4.69, 9.17) is 4.42 Å². The molecule has 0 radical (unpaired) electrons. The monoisotopic (exact) mass is 442 g/mol. The molecule has 132 valence electrons. The summed E-state index contributed by atoms with van der Waals surface area (Å²) in [5.41, 5.74) is 0. The zero-order valence-electron chi connectivity index (χ0n) is 13.7. The van der Waals surface area contributed by atoms with E-state index in [-0.39, 0.29) is 17.7 Å². The van der Waals surface area contributed by atoms with Crippen LogP contribution in [0.4, 0.5) is 5.13 Å². The molecule has 3 rings (SSSR count). The maximum absolute atomic E-state index is 12.1. The first-order valence-electron chi connectivity index (χ1n) is 7.37. The van der Waals surface area contributed by atoms with Gasteiger partial charge in [0.05, 0.1) is 5.75 Å². The first-order valence-corrected chi connectivity index (χ1v) is 9.97. The lowest BCUT2D eigenvalue weighted by molar-refractivity contribution is -0.113. The number of rotatable bonds is 6. The van der Waals surface area contributed by atoms with Gasteiger partial charge in [0.2, 0.25) is 16.9 Å².